The Morgan fingerprint density at radius 3 is 2.30 bits per heavy atom. The van der Waals surface area contributed by atoms with Crippen molar-refractivity contribution in [3.05, 3.63) is 60.1 Å². The molecule has 5 nitrogen and oxygen atoms in total. The molecule has 2 amide bonds. The van der Waals surface area contributed by atoms with E-state index in [0.717, 1.165) is 17.7 Å². The van der Waals surface area contributed by atoms with Gasteiger partial charge in [-0.25, -0.2) is 0 Å². The van der Waals surface area contributed by atoms with Gasteiger partial charge in [0.05, 0.1) is 19.4 Å². The van der Waals surface area contributed by atoms with E-state index in [1.807, 2.05) is 63.2 Å². The van der Waals surface area contributed by atoms with Crippen LogP contribution in [0.5, 0.6) is 0 Å². The summed E-state index contributed by atoms with van der Waals surface area (Å²) in [6.07, 6.45) is 2.90. The highest BCUT2D eigenvalue weighted by molar-refractivity contribution is 5.85. The van der Waals surface area contributed by atoms with Crippen LogP contribution >= 0.6 is 0 Å². The molecule has 0 spiro atoms. The molecule has 1 aromatic carbocycles. The van der Waals surface area contributed by atoms with Gasteiger partial charge in [0.15, 0.2) is 0 Å². The number of benzene rings is 1. The van der Waals surface area contributed by atoms with Crippen LogP contribution < -0.4 is 0 Å². The summed E-state index contributed by atoms with van der Waals surface area (Å²) in [4.78, 5) is 29.0. The summed E-state index contributed by atoms with van der Waals surface area (Å²) in [5.74, 6) is 0.976. The Labute approximate surface area is 162 Å². The third-order valence-electron chi connectivity index (χ3n) is 4.25. The van der Waals surface area contributed by atoms with E-state index in [-0.39, 0.29) is 24.3 Å². The number of carbonyl (C=O) groups excluding carboxylic acids is 2. The van der Waals surface area contributed by atoms with Crippen LogP contribution in [0.1, 0.15) is 44.9 Å². The zero-order chi connectivity index (χ0) is 19.6. The fourth-order valence-electron chi connectivity index (χ4n) is 2.93. The zero-order valence-electron chi connectivity index (χ0n) is 16.6. The Hall–Kier alpha value is -2.56. The normalized spacial score (nSPS) is 10.8. The van der Waals surface area contributed by atoms with Gasteiger partial charge in [-0.1, -0.05) is 51.1 Å². The lowest BCUT2D eigenvalue weighted by molar-refractivity contribution is -0.141. The molecule has 0 N–H and O–H groups in total. The molecule has 0 radical (unpaired) electrons. The molecule has 146 valence electrons. The highest BCUT2D eigenvalue weighted by atomic mass is 16.3. The second-order valence-corrected chi connectivity index (χ2v) is 7.23. The third kappa shape index (κ3) is 6.93. The Kier molecular flexibility index (Phi) is 8.11. The van der Waals surface area contributed by atoms with Crippen molar-refractivity contribution in [1.82, 2.24) is 9.80 Å². The Balaban J connectivity index is 2.11. The molecule has 1 aromatic heterocycles. The van der Waals surface area contributed by atoms with Gasteiger partial charge in [-0.05, 0) is 30.0 Å². The van der Waals surface area contributed by atoms with Crippen molar-refractivity contribution in [2.24, 2.45) is 5.92 Å². The lowest BCUT2D eigenvalue weighted by atomic mass is 10.1. The van der Waals surface area contributed by atoms with Crippen LogP contribution in [0, 0.1) is 5.92 Å². The monoisotopic (exact) mass is 370 g/mol. The van der Waals surface area contributed by atoms with Crippen molar-refractivity contribution in [3.8, 4) is 0 Å². The lowest BCUT2D eigenvalue weighted by Gasteiger charge is -2.27. The summed E-state index contributed by atoms with van der Waals surface area (Å²) in [5.41, 5.74) is 1.05. The molecule has 0 aliphatic rings. The van der Waals surface area contributed by atoms with Gasteiger partial charge >= 0.3 is 0 Å². The molecule has 0 fully saturated rings. The first-order chi connectivity index (χ1) is 13.0. The quantitative estimate of drug-likeness (QED) is 0.633. The van der Waals surface area contributed by atoms with Gasteiger partial charge in [0.1, 0.15) is 5.76 Å². The highest BCUT2D eigenvalue weighted by Gasteiger charge is 2.22. The number of carbonyl (C=O) groups is 2. The average Bonchev–Trinajstić information content (AvgIpc) is 3.14. The Morgan fingerprint density at radius 2 is 1.70 bits per heavy atom. The number of hydrogen-bond donors (Lipinski definition) is 0. The number of nitrogens with zero attached hydrogens (tertiary/aromatic N) is 2. The molecule has 0 saturated heterocycles. The largest absolute Gasteiger partial charge is 0.467 e. The first kappa shape index (κ1) is 20.7. The molecule has 27 heavy (non-hydrogen) atoms. The number of rotatable bonds is 10. The molecule has 0 unspecified atom stereocenters. The molecule has 0 atom stereocenters. The van der Waals surface area contributed by atoms with Crippen molar-refractivity contribution >= 4 is 11.8 Å². The maximum atomic E-state index is 13.0. The molecule has 0 aliphatic carbocycles. The summed E-state index contributed by atoms with van der Waals surface area (Å²) >= 11 is 0. The molecule has 1 heterocycles. The van der Waals surface area contributed by atoms with Gasteiger partial charge in [-0.15, -0.1) is 0 Å². The van der Waals surface area contributed by atoms with Gasteiger partial charge in [-0.3, -0.25) is 9.59 Å². The summed E-state index contributed by atoms with van der Waals surface area (Å²) in [6.45, 7) is 7.62. The first-order valence-corrected chi connectivity index (χ1v) is 9.61. The number of furan rings is 1. The van der Waals surface area contributed by atoms with Crippen molar-refractivity contribution < 1.29 is 14.0 Å². The average molecular weight is 370 g/mol. The maximum Gasteiger partial charge on any atom is 0.242 e. The fourth-order valence-corrected chi connectivity index (χ4v) is 2.93. The minimum Gasteiger partial charge on any atom is -0.467 e. The van der Waals surface area contributed by atoms with Crippen LogP contribution in [0.25, 0.3) is 0 Å². The van der Waals surface area contributed by atoms with E-state index in [4.69, 9.17) is 4.42 Å². The lowest BCUT2D eigenvalue weighted by Crippen LogP contribution is -2.43. The Bertz CT molecular complexity index is 696. The molecule has 0 saturated carbocycles. The minimum absolute atomic E-state index is 0.0397. The smallest absolute Gasteiger partial charge is 0.242 e. The van der Waals surface area contributed by atoms with Crippen LogP contribution in [0.3, 0.4) is 0 Å². The van der Waals surface area contributed by atoms with Crippen molar-refractivity contribution in [2.45, 2.75) is 46.7 Å². The van der Waals surface area contributed by atoms with E-state index >= 15 is 0 Å². The maximum absolute atomic E-state index is 13.0. The second-order valence-electron chi connectivity index (χ2n) is 7.23. The minimum atomic E-state index is -0.0687. The van der Waals surface area contributed by atoms with Crippen molar-refractivity contribution in [2.75, 3.05) is 13.1 Å². The van der Waals surface area contributed by atoms with Gasteiger partial charge in [0, 0.05) is 19.5 Å². The van der Waals surface area contributed by atoms with Gasteiger partial charge < -0.3 is 14.2 Å². The topological polar surface area (TPSA) is 53.8 Å². The highest BCUT2D eigenvalue weighted by Crippen LogP contribution is 2.13. The predicted molar refractivity (Wildman–Crippen MR) is 106 cm³/mol. The summed E-state index contributed by atoms with van der Waals surface area (Å²) in [7, 11) is 0. The predicted octanol–water partition coefficient (Wildman–Crippen LogP) is 4.09. The van der Waals surface area contributed by atoms with Crippen LogP contribution in [0.15, 0.2) is 53.1 Å². The molecule has 2 rings (SSSR count). The van der Waals surface area contributed by atoms with Gasteiger partial charge in [-0.2, -0.15) is 0 Å². The van der Waals surface area contributed by atoms with E-state index < -0.39 is 0 Å². The van der Waals surface area contributed by atoms with Crippen molar-refractivity contribution in [3.63, 3.8) is 0 Å². The van der Waals surface area contributed by atoms with Crippen LogP contribution in [0.4, 0.5) is 0 Å². The molecule has 0 aliphatic heterocycles. The SMILES string of the molecule is CCCN(CC(=O)N(Cc1ccccc1)Cc1ccco1)C(=O)CC(C)C. The molecule has 5 heteroatoms. The van der Waals surface area contributed by atoms with Gasteiger partial charge in [0.25, 0.3) is 0 Å². The number of amides is 2. The summed E-state index contributed by atoms with van der Waals surface area (Å²) < 4.78 is 5.43. The van der Waals surface area contributed by atoms with Crippen molar-refractivity contribution in [1.29, 1.82) is 0 Å². The number of hydrogen-bond acceptors (Lipinski definition) is 3. The van der Waals surface area contributed by atoms with E-state index in [1.165, 1.54) is 0 Å². The first-order valence-electron chi connectivity index (χ1n) is 9.61. The van der Waals surface area contributed by atoms with E-state index in [2.05, 4.69) is 0 Å². The van der Waals surface area contributed by atoms with Crippen LogP contribution in [0.2, 0.25) is 0 Å². The van der Waals surface area contributed by atoms with E-state index in [9.17, 15) is 9.59 Å². The standard InChI is InChI=1S/C22H30N2O3/c1-4-12-23(21(25)14-18(2)3)17-22(26)24(16-20-11-8-13-27-20)15-19-9-6-5-7-10-19/h5-11,13,18H,4,12,14-17H2,1-3H3. The third-order valence-corrected chi connectivity index (χ3v) is 4.25. The summed E-state index contributed by atoms with van der Waals surface area (Å²) in [5, 5.41) is 0. The molecule has 2 aromatic rings. The molecular weight excluding hydrogens is 340 g/mol. The van der Waals surface area contributed by atoms with E-state index in [0.29, 0.717) is 26.1 Å². The second kappa shape index (κ2) is 10.6. The van der Waals surface area contributed by atoms with E-state index in [1.54, 1.807) is 16.1 Å². The molecular formula is C22H30N2O3. The molecule has 0 bridgehead atoms. The summed E-state index contributed by atoms with van der Waals surface area (Å²) in [6, 6.07) is 13.5. The fraction of sp³-hybridized carbons (Fsp3) is 0.455. The zero-order valence-corrected chi connectivity index (χ0v) is 16.6. The Morgan fingerprint density at radius 1 is 0.963 bits per heavy atom. The van der Waals surface area contributed by atoms with Crippen LogP contribution in [-0.4, -0.2) is 34.7 Å². The van der Waals surface area contributed by atoms with Crippen LogP contribution in [-0.2, 0) is 22.7 Å². The van der Waals surface area contributed by atoms with Gasteiger partial charge in [0.2, 0.25) is 11.8 Å².